The number of nitrogens with two attached hydrogens (primary N) is 1. The lowest BCUT2D eigenvalue weighted by atomic mass is 9.76. The van der Waals surface area contributed by atoms with Gasteiger partial charge < -0.3 is 40.3 Å². The van der Waals surface area contributed by atoms with E-state index in [1.807, 2.05) is 74.8 Å². The lowest BCUT2D eigenvalue weighted by molar-refractivity contribution is -0.148. The molecular formula is C48H60N10O6S. The summed E-state index contributed by atoms with van der Waals surface area (Å²) in [4.78, 5) is 42.7. The fourth-order valence-corrected chi connectivity index (χ4v) is 11.5. The normalized spacial score (nSPS) is 21.5. The monoisotopic (exact) mass is 904 g/mol. The highest BCUT2D eigenvalue weighted by atomic mass is 32.1. The van der Waals surface area contributed by atoms with Gasteiger partial charge in [0.25, 0.3) is 5.88 Å². The molecule has 3 fully saturated rings. The minimum absolute atomic E-state index is 0.190. The molecule has 17 heteroatoms. The number of fused-ring (bicyclic) bond motifs is 3. The molecule has 3 saturated heterocycles. The van der Waals surface area contributed by atoms with Crippen molar-refractivity contribution in [3.05, 3.63) is 83.2 Å². The van der Waals surface area contributed by atoms with Gasteiger partial charge in [-0.3, -0.25) is 19.4 Å². The number of hydrogen-bond acceptors (Lipinski definition) is 15. The number of nitrogens with one attached hydrogen (secondary N) is 1. The van der Waals surface area contributed by atoms with Crippen LogP contribution in [0.25, 0.3) is 21.7 Å². The minimum Gasteiger partial charge on any atom is -0.507 e. The number of aryl methyl sites for hydroxylation is 1. The van der Waals surface area contributed by atoms with Crippen molar-refractivity contribution in [3.8, 4) is 33.3 Å². The first kappa shape index (κ1) is 44.6. The molecule has 16 nitrogen and oxygen atoms in total. The summed E-state index contributed by atoms with van der Waals surface area (Å²) in [6.07, 6.45) is 3.15. The van der Waals surface area contributed by atoms with E-state index < -0.39 is 23.3 Å². The molecule has 5 N–H and O–H groups in total. The number of ether oxygens (including phenoxy) is 1. The van der Waals surface area contributed by atoms with Crippen LogP contribution in [0.1, 0.15) is 68.4 Å². The maximum Gasteiger partial charge on any atom is 0.254 e. The Hall–Kier alpha value is -5.62. The summed E-state index contributed by atoms with van der Waals surface area (Å²) in [5.74, 6) is -0.259. The average Bonchev–Trinajstić information content (AvgIpc) is 4.08. The first-order valence-corrected chi connectivity index (χ1v) is 23.8. The second-order valence-electron chi connectivity index (χ2n) is 18.4. The number of hydrogen-bond donors (Lipinski definition) is 4. The van der Waals surface area contributed by atoms with Gasteiger partial charge in [-0.15, -0.1) is 21.5 Å². The Morgan fingerprint density at radius 1 is 1.03 bits per heavy atom. The number of carbonyl (C=O) groups excluding carboxylic acids is 2. The second kappa shape index (κ2) is 19.1. The van der Waals surface area contributed by atoms with Crippen LogP contribution in [0.5, 0.6) is 11.6 Å². The largest absolute Gasteiger partial charge is 0.507 e. The van der Waals surface area contributed by atoms with Crippen LogP contribution < -0.4 is 20.7 Å². The molecule has 2 amide bonds. The number of aromatic nitrogens is 4. The fraction of sp³-hybridized carbons (Fsp3) is 0.500. The van der Waals surface area contributed by atoms with Crippen LogP contribution in [0.4, 0.5) is 11.5 Å². The van der Waals surface area contributed by atoms with Crippen LogP contribution in [0, 0.1) is 18.8 Å². The molecule has 2 unspecified atom stereocenters. The Bertz CT molecular complexity index is 2450. The third-order valence-corrected chi connectivity index (χ3v) is 15.1. The molecule has 0 aliphatic carbocycles. The van der Waals surface area contributed by atoms with E-state index in [0.29, 0.717) is 60.9 Å². The molecule has 0 radical (unpaired) electrons. The van der Waals surface area contributed by atoms with Gasteiger partial charge in [0.1, 0.15) is 23.8 Å². The number of likely N-dealkylation sites (tertiary alicyclic amines) is 2. The summed E-state index contributed by atoms with van der Waals surface area (Å²) in [6, 6.07) is 19.1. The number of anilines is 2. The van der Waals surface area contributed by atoms with Gasteiger partial charge in [0.2, 0.25) is 11.8 Å². The van der Waals surface area contributed by atoms with Gasteiger partial charge >= 0.3 is 0 Å². The lowest BCUT2D eigenvalue weighted by Gasteiger charge is -2.47. The van der Waals surface area contributed by atoms with Crippen molar-refractivity contribution in [2.24, 2.45) is 17.6 Å². The van der Waals surface area contributed by atoms with E-state index in [-0.39, 0.29) is 24.2 Å². The quantitative estimate of drug-likeness (QED) is 0.105. The SMILES string of the molecule is Cc1ncsc1-c1ccc([C@@H](CO)C2(C(N)=O)CCCN2C(=O)C(c2cc(OCCN3CCC(CN4CCN5c6cc(-c7ccccc7O)nnc6NC[C@H]5C4)CC3)no2)C(C)C)cc1. The highest BCUT2D eigenvalue weighted by molar-refractivity contribution is 7.13. The van der Waals surface area contributed by atoms with Crippen LogP contribution in [0.2, 0.25) is 0 Å². The van der Waals surface area contributed by atoms with E-state index in [9.17, 15) is 19.8 Å². The number of benzene rings is 2. The van der Waals surface area contributed by atoms with E-state index in [1.54, 1.807) is 28.4 Å². The molecular weight excluding hydrogens is 845 g/mol. The number of thiazole rings is 1. The summed E-state index contributed by atoms with van der Waals surface area (Å²) >= 11 is 1.56. The molecule has 4 aliphatic heterocycles. The number of rotatable bonds is 15. The number of aliphatic hydroxyl groups is 1. The highest BCUT2D eigenvalue weighted by Crippen LogP contribution is 2.45. The summed E-state index contributed by atoms with van der Waals surface area (Å²) in [5.41, 5.74) is 11.7. The van der Waals surface area contributed by atoms with Crippen molar-refractivity contribution in [2.75, 3.05) is 82.3 Å². The van der Waals surface area contributed by atoms with E-state index in [2.05, 4.69) is 40.4 Å². The molecule has 0 saturated carbocycles. The zero-order valence-corrected chi connectivity index (χ0v) is 38.3. The average molecular weight is 905 g/mol. The zero-order chi connectivity index (χ0) is 45.2. The van der Waals surface area contributed by atoms with Crippen molar-refractivity contribution in [3.63, 3.8) is 0 Å². The molecule has 4 aliphatic rings. The minimum atomic E-state index is -1.42. The smallest absolute Gasteiger partial charge is 0.254 e. The van der Waals surface area contributed by atoms with Gasteiger partial charge in [-0.25, -0.2) is 4.98 Å². The van der Waals surface area contributed by atoms with Gasteiger partial charge in [-0.05, 0) is 92.0 Å². The number of phenolic OH excluding ortho intramolecular Hbond substituents is 1. The number of nitrogens with zero attached hydrogens (tertiary/aromatic N) is 8. The van der Waals surface area contributed by atoms with Crippen LogP contribution >= 0.6 is 11.3 Å². The summed E-state index contributed by atoms with van der Waals surface area (Å²) in [5, 5.41) is 37.8. The number of primary amides is 1. The Morgan fingerprint density at radius 2 is 1.83 bits per heavy atom. The topological polar surface area (TPSA) is 200 Å². The van der Waals surface area contributed by atoms with Crippen molar-refractivity contribution in [2.45, 2.75) is 69.9 Å². The second-order valence-corrected chi connectivity index (χ2v) is 19.3. The van der Waals surface area contributed by atoms with Crippen molar-refractivity contribution >= 4 is 34.7 Å². The fourth-order valence-electron chi connectivity index (χ4n) is 10.7. The summed E-state index contributed by atoms with van der Waals surface area (Å²) in [7, 11) is 0. The third-order valence-electron chi connectivity index (χ3n) is 14.2. The number of phenols is 1. The summed E-state index contributed by atoms with van der Waals surface area (Å²) < 4.78 is 11.9. The van der Waals surface area contributed by atoms with Gasteiger partial charge in [-0.2, -0.15) is 0 Å². The Labute approximate surface area is 383 Å². The van der Waals surface area contributed by atoms with Gasteiger partial charge in [0.15, 0.2) is 11.6 Å². The first-order chi connectivity index (χ1) is 31.5. The number of carbonyl (C=O) groups is 2. The van der Waals surface area contributed by atoms with Gasteiger partial charge in [-0.1, -0.05) is 50.2 Å². The van der Waals surface area contributed by atoms with E-state index in [4.69, 9.17) is 15.0 Å². The number of piperazine rings is 1. The summed E-state index contributed by atoms with van der Waals surface area (Å²) in [6.45, 7) is 13.8. The Morgan fingerprint density at radius 3 is 2.55 bits per heavy atom. The van der Waals surface area contributed by atoms with Crippen molar-refractivity contribution in [1.82, 2.24) is 35.0 Å². The molecule has 9 rings (SSSR count). The van der Waals surface area contributed by atoms with Crippen LogP contribution in [0.3, 0.4) is 0 Å². The van der Waals surface area contributed by atoms with Gasteiger partial charge in [0.05, 0.1) is 40.1 Å². The molecule has 3 aromatic heterocycles. The van der Waals surface area contributed by atoms with E-state index in [0.717, 1.165) is 98.4 Å². The maximum absolute atomic E-state index is 14.6. The Kier molecular flexibility index (Phi) is 13.1. The molecule has 2 aromatic carbocycles. The number of aliphatic hydroxyl groups excluding tert-OH is 1. The van der Waals surface area contributed by atoms with Gasteiger partial charge in [0, 0.05) is 63.4 Å². The number of piperidine rings is 1. The lowest BCUT2D eigenvalue weighted by Crippen LogP contribution is -2.61. The number of para-hydroxylation sites is 1. The number of aromatic hydroxyl groups is 1. The molecule has 7 heterocycles. The third kappa shape index (κ3) is 8.90. The van der Waals surface area contributed by atoms with Crippen LogP contribution in [0.15, 0.2) is 70.7 Å². The highest BCUT2D eigenvalue weighted by Gasteiger charge is 2.55. The standard InChI is InChI=1S/C48H60N10O6S/c1-30(2)43(46(61)58-16-6-15-48(58,47(49)62)37(28-59)33-9-11-34(12-10-33)44-31(3)51-29-65-44)41-24-42(54-64-41)63-22-21-55-17-13-32(14-18-55)26-56-19-20-57-35(27-56)25-50-45-39(57)23-38(52-53-45)36-7-4-5-8-40(36)60/h4-5,7-12,23-24,29-30,32,35,37,43,59-60H,6,13-22,25-28H2,1-3H3,(H2,49,62)(H,50,53)/t35-,37+,43?,48?/m0/s1. The maximum atomic E-state index is 14.6. The van der Waals surface area contributed by atoms with Crippen molar-refractivity contribution in [1.29, 1.82) is 0 Å². The molecule has 0 bridgehead atoms. The van der Waals surface area contributed by atoms with Crippen LogP contribution in [-0.2, 0) is 9.59 Å². The molecule has 0 spiro atoms. The molecule has 5 aromatic rings. The predicted octanol–water partition coefficient (Wildman–Crippen LogP) is 5.34. The molecule has 344 valence electrons. The molecule has 65 heavy (non-hydrogen) atoms. The van der Waals surface area contributed by atoms with Crippen molar-refractivity contribution < 1.29 is 29.1 Å². The molecule has 4 atom stereocenters. The Balaban J connectivity index is 0.765. The first-order valence-electron chi connectivity index (χ1n) is 23.0. The number of amides is 2. The van der Waals surface area contributed by atoms with E-state index in [1.165, 1.54) is 0 Å². The predicted molar refractivity (Wildman–Crippen MR) is 249 cm³/mol. The van der Waals surface area contributed by atoms with Crippen LogP contribution in [-0.4, -0.2) is 141 Å². The van der Waals surface area contributed by atoms with E-state index >= 15 is 0 Å². The zero-order valence-electron chi connectivity index (χ0n) is 37.4.